The average Bonchev–Trinajstić information content (AvgIpc) is 2.71. The van der Waals surface area contributed by atoms with Gasteiger partial charge in [-0.1, -0.05) is 38.1 Å². The van der Waals surface area contributed by atoms with Crippen molar-refractivity contribution in [3.05, 3.63) is 78.4 Å². The van der Waals surface area contributed by atoms with Gasteiger partial charge in [0, 0.05) is 0 Å². The van der Waals surface area contributed by atoms with Gasteiger partial charge in [0.25, 0.3) is 10.0 Å². The highest BCUT2D eigenvalue weighted by Gasteiger charge is 2.17. The predicted molar refractivity (Wildman–Crippen MR) is 115 cm³/mol. The van der Waals surface area contributed by atoms with E-state index in [4.69, 9.17) is 9.47 Å². The van der Waals surface area contributed by atoms with Gasteiger partial charge in [0.05, 0.1) is 17.2 Å². The summed E-state index contributed by atoms with van der Waals surface area (Å²) in [5, 5.41) is 0. The van der Waals surface area contributed by atoms with Crippen molar-refractivity contribution in [1.29, 1.82) is 0 Å². The minimum absolute atomic E-state index is 0.206. The number of rotatable bonds is 8. The number of hydrogen-bond acceptors (Lipinski definition) is 4. The number of hydrogen-bond donors (Lipinski definition) is 1. The predicted octanol–water partition coefficient (Wildman–Crippen LogP) is 5.80. The molecule has 0 unspecified atom stereocenters. The third-order valence-corrected chi connectivity index (χ3v) is 5.73. The molecule has 5 nitrogen and oxygen atoms in total. The fraction of sp³-hybridized carbons (Fsp3) is 0.217. The Bertz CT molecular complexity index is 1040. The Kier molecular flexibility index (Phi) is 6.44. The first-order chi connectivity index (χ1) is 13.9. The largest absolute Gasteiger partial charge is 0.494 e. The molecule has 0 bridgehead atoms. The average molecular weight is 412 g/mol. The second-order valence-electron chi connectivity index (χ2n) is 6.83. The van der Waals surface area contributed by atoms with E-state index >= 15 is 0 Å². The van der Waals surface area contributed by atoms with Gasteiger partial charge in [0.1, 0.15) is 11.5 Å². The van der Waals surface area contributed by atoms with Crippen LogP contribution < -0.4 is 14.2 Å². The molecule has 0 radical (unpaired) electrons. The number of nitrogens with one attached hydrogen (secondary N) is 1. The Morgan fingerprint density at radius 2 is 1.48 bits per heavy atom. The van der Waals surface area contributed by atoms with Gasteiger partial charge < -0.3 is 9.47 Å². The first-order valence-corrected chi connectivity index (χ1v) is 11.0. The van der Waals surface area contributed by atoms with Crippen molar-refractivity contribution in [2.45, 2.75) is 31.6 Å². The van der Waals surface area contributed by atoms with E-state index in [1.54, 1.807) is 48.5 Å². The van der Waals surface area contributed by atoms with E-state index in [9.17, 15) is 8.42 Å². The Labute approximate surface area is 172 Å². The van der Waals surface area contributed by atoms with Crippen LogP contribution in [0.1, 0.15) is 32.3 Å². The van der Waals surface area contributed by atoms with Crippen molar-refractivity contribution in [1.82, 2.24) is 0 Å². The van der Waals surface area contributed by atoms with Crippen LogP contribution in [0.4, 0.5) is 5.69 Å². The van der Waals surface area contributed by atoms with Crippen LogP contribution in [-0.4, -0.2) is 15.0 Å². The van der Waals surface area contributed by atoms with E-state index in [1.165, 1.54) is 0 Å². The van der Waals surface area contributed by atoms with Gasteiger partial charge in [-0.05, 0) is 66.9 Å². The highest BCUT2D eigenvalue weighted by molar-refractivity contribution is 7.92. The van der Waals surface area contributed by atoms with Crippen LogP contribution in [0.5, 0.6) is 17.2 Å². The van der Waals surface area contributed by atoms with Gasteiger partial charge in [0.2, 0.25) is 0 Å². The Morgan fingerprint density at radius 3 is 2.10 bits per heavy atom. The van der Waals surface area contributed by atoms with E-state index < -0.39 is 10.0 Å². The van der Waals surface area contributed by atoms with E-state index in [0.29, 0.717) is 29.7 Å². The van der Waals surface area contributed by atoms with E-state index in [-0.39, 0.29) is 4.90 Å². The van der Waals surface area contributed by atoms with Crippen LogP contribution >= 0.6 is 0 Å². The van der Waals surface area contributed by atoms with Crippen LogP contribution in [-0.2, 0) is 10.0 Å². The lowest BCUT2D eigenvalue weighted by atomic mass is 10.0. The maximum Gasteiger partial charge on any atom is 0.262 e. The Morgan fingerprint density at radius 1 is 0.862 bits per heavy atom. The first kappa shape index (κ1) is 20.7. The van der Waals surface area contributed by atoms with Crippen molar-refractivity contribution in [2.24, 2.45) is 0 Å². The highest BCUT2D eigenvalue weighted by Crippen LogP contribution is 2.32. The first-order valence-electron chi connectivity index (χ1n) is 9.51. The van der Waals surface area contributed by atoms with Crippen LogP contribution in [0, 0.1) is 0 Å². The molecule has 1 N–H and O–H groups in total. The minimum Gasteiger partial charge on any atom is -0.494 e. The standard InChI is InChI=1S/C23H25NO4S/c1-4-27-19-11-13-20(14-12-19)28-23-8-6-5-7-22(23)24-29(25,26)21-15-9-18(10-16-21)17(2)3/h5-17,24H,4H2,1-3H3. The monoisotopic (exact) mass is 411 g/mol. The molecule has 0 aliphatic rings. The summed E-state index contributed by atoms with van der Waals surface area (Å²) >= 11 is 0. The molecule has 0 amide bonds. The second kappa shape index (κ2) is 9.01. The molecule has 0 saturated heterocycles. The zero-order chi connectivity index (χ0) is 20.9. The SMILES string of the molecule is CCOc1ccc(Oc2ccccc2NS(=O)(=O)c2ccc(C(C)C)cc2)cc1. The molecule has 0 saturated carbocycles. The molecule has 0 spiro atoms. The van der Waals surface area contributed by atoms with Gasteiger partial charge in [-0.2, -0.15) is 0 Å². The van der Waals surface area contributed by atoms with Gasteiger partial charge in [-0.15, -0.1) is 0 Å². The molecular weight excluding hydrogens is 386 g/mol. The molecule has 6 heteroatoms. The summed E-state index contributed by atoms with van der Waals surface area (Å²) in [6.07, 6.45) is 0. The second-order valence-corrected chi connectivity index (χ2v) is 8.51. The third kappa shape index (κ3) is 5.29. The van der Waals surface area contributed by atoms with Crippen molar-refractivity contribution in [3.63, 3.8) is 0 Å². The lowest BCUT2D eigenvalue weighted by Gasteiger charge is -2.14. The van der Waals surface area contributed by atoms with Crippen LogP contribution in [0.3, 0.4) is 0 Å². The highest BCUT2D eigenvalue weighted by atomic mass is 32.2. The molecule has 0 atom stereocenters. The summed E-state index contributed by atoms with van der Waals surface area (Å²) in [5.74, 6) is 2.09. The fourth-order valence-electron chi connectivity index (χ4n) is 2.77. The molecule has 29 heavy (non-hydrogen) atoms. The van der Waals surface area contributed by atoms with Crippen molar-refractivity contribution in [3.8, 4) is 17.2 Å². The zero-order valence-corrected chi connectivity index (χ0v) is 17.6. The summed E-state index contributed by atoms with van der Waals surface area (Å²) in [7, 11) is -3.73. The molecule has 0 aromatic heterocycles. The lowest BCUT2D eigenvalue weighted by molar-refractivity contribution is 0.339. The number of ether oxygens (including phenoxy) is 2. The molecule has 152 valence electrons. The smallest absolute Gasteiger partial charge is 0.262 e. The van der Waals surface area contributed by atoms with Gasteiger partial charge in [-0.25, -0.2) is 8.42 Å². The molecular formula is C23H25NO4S. The normalized spacial score (nSPS) is 11.3. The van der Waals surface area contributed by atoms with E-state index in [2.05, 4.69) is 18.6 Å². The third-order valence-electron chi connectivity index (χ3n) is 4.35. The molecule has 3 aromatic rings. The number of anilines is 1. The molecule has 0 fully saturated rings. The van der Waals surface area contributed by atoms with Crippen LogP contribution in [0.15, 0.2) is 77.7 Å². The summed E-state index contributed by atoms with van der Waals surface area (Å²) in [6.45, 7) is 6.64. The van der Waals surface area contributed by atoms with Crippen molar-refractivity contribution >= 4 is 15.7 Å². The molecule has 0 heterocycles. The minimum atomic E-state index is -3.73. The lowest BCUT2D eigenvalue weighted by Crippen LogP contribution is -2.13. The molecule has 3 rings (SSSR count). The van der Waals surface area contributed by atoms with E-state index in [1.807, 2.05) is 31.2 Å². The van der Waals surface area contributed by atoms with Crippen molar-refractivity contribution in [2.75, 3.05) is 11.3 Å². The zero-order valence-electron chi connectivity index (χ0n) is 16.8. The maximum atomic E-state index is 12.8. The molecule has 0 aliphatic heterocycles. The molecule has 3 aromatic carbocycles. The van der Waals surface area contributed by atoms with Gasteiger partial charge in [0.15, 0.2) is 5.75 Å². The summed E-state index contributed by atoms with van der Waals surface area (Å²) in [4.78, 5) is 0.206. The van der Waals surface area contributed by atoms with Crippen LogP contribution in [0.2, 0.25) is 0 Å². The molecule has 0 aliphatic carbocycles. The maximum absolute atomic E-state index is 12.8. The van der Waals surface area contributed by atoms with Crippen LogP contribution in [0.25, 0.3) is 0 Å². The number of sulfonamides is 1. The number of para-hydroxylation sites is 2. The summed E-state index contributed by atoms with van der Waals surface area (Å²) < 4.78 is 39.6. The quantitative estimate of drug-likeness (QED) is 0.509. The Hall–Kier alpha value is -2.99. The van der Waals surface area contributed by atoms with Gasteiger partial charge in [-0.3, -0.25) is 4.72 Å². The topological polar surface area (TPSA) is 64.6 Å². The van der Waals surface area contributed by atoms with E-state index in [0.717, 1.165) is 11.3 Å². The summed E-state index contributed by atoms with van der Waals surface area (Å²) in [6, 6.07) is 21.0. The van der Waals surface area contributed by atoms with Gasteiger partial charge >= 0.3 is 0 Å². The van der Waals surface area contributed by atoms with Crippen molar-refractivity contribution < 1.29 is 17.9 Å². The Balaban J connectivity index is 1.81. The number of benzene rings is 3. The fourth-order valence-corrected chi connectivity index (χ4v) is 3.84. The summed E-state index contributed by atoms with van der Waals surface area (Å²) in [5.41, 5.74) is 1.46.